The third kappa shape index (κ3) is 3.09. The standard InChI is InChI=1S/C17H23F2NO/c1-4-5-6-15(21)20-11-17(10-16(17,2)3)13-8-7-12(18)9-14(13)19/h7-9H,4-6,10-11H2,1-3H3,(H,20,21). The molecule has 0 heterocycles. The first-order chi connectivity index (χ1) is 9.82. The predicted molar refractivity (Wildman–Crippen MR) is 79.0 cm³/mol. The van der Waals surface area contributed by atoms with Crippen LogP contribution in [0, 0.1) is 17.0 Å². The van der Waals surface area contributed by atoms with Crippen molar-refractivity contribution in [3.05, 3.63) is 35.4 Å². The van der Waals surface area contributed by atoms with E-state index in [1.54, 1.807) is 0 Å². The molecule has 1 aromatic carbocycles. The van der Waals surface area contributed by atoms with Gasteiger partial charge in [-0.15, -0.1) is 0 Å². The first-order valence-corrected chi connectivity index (χ1v) is 7.54. The summed E-state index contributed by atoms with van der Waals surface area (Å²) in [5, 5.41) is 2.92. The second-order valence-corrected chi connectivity index (χ2v) is 6.65. The van der Waals surface area contributed by atoms with Crippen LogP contribution in [0.1, 0.15) is 52.0 Å². The Balaban J connectivity index is 2.14. The normalized spacial score (nSPS) is 22.9. The third-order valence-electron chi connectivity index (χ3n) is 4.71. The van der Waals surface area contributed by atoms with Gasteiger partial charge in [0.2, 0.25) is 5.91 Å². The highest BCUT2D eigenvalue weighted by Crippen LogP contribution is 2.64. The summed E-state index contributed by atoms with van der Waals surface area (Å²) in [7, 11) is 0. The van der Waals surface area contributed by atoms with E-state index < -0.39 is 17.0 Å². The lowest BCUT2D eigenvalue weighted by Crippen LogP contribution is -2.35. The molecule has 0 aliphatic heterocycles. The molecule has 1 aromatic rings. The largest absolute Gasteiger partial charge is 0.355 e. The molecular weight excluding hydrogens is 272 g/mol. The fourth-order valence-electron chi connectivity index (χ4n) is 3.12. The van der Waals surface area contributed by atoms with Crippen molar-refractivity contribution in [2.75, 3.05) is 6.54 Å². The average Bonchev–Trinajstić information content (AvgIpc) is 2.96. The maximum Gasteiger partial charge on any atom is 0.220 e. The number of carbonyl (C=O) groups excluding carboxylic acids is 1. The van der Waals surface area contributed by atoms with Gasteiger partial charge in [-0.1, -0.05) is 33.3 Å². The van der Waals surface area contributed by atoms with Crippen LogP contribution in [0.4, 0.5) is 8.78 Å². The zero-order valence-corrected chi connectivity index (χ0v) is 12.9. The lowest BCUT2D eigenvalue weighted by atomic mass is 9.87. The van der Waals surface area contributed by atoms with E-state index in [0.717, 1.165) is 25.3 Å². The fourth-order valence-corrected chi connectivity index (χ4v) is 3.12. The number of amides is 1. The molecule has 1 fully saturated rings. The predicted octanol–water partition coefficient (Wildman–Crippen LogP) is 3.94. The summed E-state index contributed by atoms with van der Waals surface area (Å²) >= 11 is 0. The summed E-state index contributed by atoms with van der Waals surface area (Å²) in [6.45, 7) is 6.54. The van der Waals surface area contributed by atoms with E-state index in [2.05, 4.69) is 5.32 Å². The number of carbonyl (C=O) groups is 1. The van der Waals surface area contributed by atoms with Crippen LogP contribution in [0.3, 0.4) is 0 Å². The second kappa shape index (κ2) is 5.74. The number of halogens is 2. The van der Waals surface area contributed by atoms with Crippen molar-refractivity contribution >= 4 is 5.91 Å². The molecule has 0 radical (unpaired) electrons. The summed E-state index contributed by atoms with van der Waals surface area (Å²) in [6.07, 6.45) is 3.11. The van der Waals surface area contributed by atoms with Gasteiger partial charge < -0.3 is 5.32 Å². The first-order valence-electron chi connectivity index (χ1n) is 7.54. The highest BCUT2D eigenvalue weighted by Gasteiger charge is 2.62. The Kier molecular flexibility index (Phi) is 4.35. The zero-order chi connectivity index (χ0) is 15.7. The van der Waals surface area contributed by atoms with Crippen LogP contribution in [-0.2, 0) is 10.2 Å². The van der Waals surface area contributed by atoms with Gasteiger partial charge in [0.1, 0.15) is 11.6 Å². The Bertz CT molecular complexity index is 542. The van der Waals surface area contributed by atoms with E-state index in [-0.39, 0.29) is 11.3 Å². The van der Waals surface area contributed by atoms with E-state index in [1.807, 2.05) is 20.8 Å². The van der Waals surface area contributed by atoms with Crippen molar-refractivity contribution in [2.45, 2.75) is 51.9 Å². The Hall–Kier alpha value is -1.45. The summed E-state index contributed by atoms with van der Waals surface area (Å²) in [4.78, 5) is 11.8. The Labute approximate surface area is 124 Å². The lowest BCUT2D eigenvalue weighted by molar-refractivity contribution is -0.121. The molecule has 1 N–H and O–H groups in total. The van der Waals surface area contributed by atoms with Crippen molar-refractivity contribution in [3.8, 4) is 0 Å². The molecule has 0 spiro atoms. The number of hydrogen-bond acceptors (Lipinski definition) is 1. The Morgan fingerprint density at radius 2 is 2.00 bits per heavy atom. The van der Waals surface area contributed by atoms with Gasteiger partial charge in [0.25, 0.3) is 0 Å². The van der Waals surface area contributed by atoms with Crippen LogP contribution in [0.15, 0.2) is 18.2 Å². The van der Waals surface area contributed by atoms with Gasteiger partial charge in [0.05, 0.1) is 0 Å². The lowest BCUT2D eigenvalue weighted by Gasteiger charge is -2.22. The molecule has 2 nitrogen and oxygen atoms in total. The molecule has 0 saturated heterocycles. The van der Waals surface area contributed by atoms with Crippen LogP contribution < -0.4 is 5.32 Å². The van der Waals surface area contributed by atoms with Gasteiger partial charge in [-0.3, -0.25) is 4.79 Å². The number of benzene rings is 1. The number of hydrogen-bond donors (Lipinski definition) is 1. The molecule has 1 atom stereocenters. The Morgan fingerprint density at radius 3 is 2.52 bits per heavy atom. The molecule has 1 unspecified atom stereocenters. The van der Waals surface area contributed by atoms with E-state index >= 15 is 0 Å². The molecule has 1 amide bonds. The number of unbranched alkanes of at least 4 members (excludes halogenated alkanes) is 1. The van der Waals surface area contributed by atoms with Gasteiger partial charge in [-0.05, 0) is 29.9 Å². The minimum Gasteiger partial charge on any atom is -0.355 e. The van der Waals surface area contributed by atoms with Crippen molar-refractivity contribution in [2.24, 2.45) is 5.41 Å². The van der Waals surface area contributed by atoms with E-state index in [4.69, 9.17) is 0 Å². The monoisotopic (exact) mass is 295 g/mol. The van der Waals surface area contributed by atoms with Gasteiger partial charge in [0, 0.05) is 24.4 Å². The van der Waals surface area contributed by atoms with Crippen LogP contribution in [0.2, 0.25) is 0 Å². The SMILES string of the molecule is CCCCC(=O)NCC1(c2ccc(F)cc2F)CC1(C)C. The van der Waals surface area contributed by atoms with Gasteiger partial charge in [-0.25, -0.2) is 8.78 Å². The highest BCUT2D eigenvalue weighted by molar-refractivity contribution is 5.76. The second-order valence-electron chi connectivity index (χ2n) is 6.65. The van der Waals surface area contributed by atoms with Crippen LogP contribution in [0.25, 0.3) is 0 Å². The molecular formula is C17H23F2NO. The van der Waals surface area contributed by atoms with E-state index in [0.29, 0.717) is 18.5 Å². The summed E-state index contributed by atoms with van der Waals surface area (Å²) in [6, 6.07) is 3.72. The van der Waals surface area contributed by atoms with Crippen LogP contribution in [0.5, 0.6) is 0 Å². The first kappa shape index (κ1) is 15.9. The molecule has 1 saturated carbocycles. The topological polar surface area (TPSA) is 29.1 Å². The summed E-state index contributed by atoms with van der Waals surface area (Å²) in [5.74, 6) is -1.10. The average molecular weight is 295 g/mol. The smallest absolute Gasteiger partial charge is 0.220 e. The number of nitrogens with one attached hydrogen (secondary N) is 1. The minimum absolute atomic E-state index is 0.00134. The fraction of sp³-hybridized carbons (Fsp3) is 0.588. The van der Waals surface area contributed by atoms with Crippen LogP contribution in [-0.4, -0.2) is 12.5 Å². The quantitative estimate of drug-likeness (QED) is 0.846. The summed E-state index contributed by atoms with van der Waals surface area (Å²) in [5.41, 5.74) is -0.0132. The van der Waals surface area contributed by atoms with Gasteiger partial charge in [-0.2, -0.15) is 0 Å². The minimum atomic E-state index is -0.572. The molecule has 1 aliphatic carbocycles. The van der Waals surface area contributed by atoms with Crippen LogP contribution >= 0.6 is 0 Å². The van der Waals surface area contributed by atoms with Crippen molar-refractivity contribution in [3.63, 3.8) is 0 Å². The molecule has 21 heavy (non-hydrogen) atoms. The van der Waals surface area contributed by atoms with Gasteiger partial charge >= 0.3 is 0 Å². The summed E-state index contributed by atoms with van der Waals surface area (Å²) < 4.78 is 27.2. The van der Waals surface area contributed by atoms with Crippen molar-refractivity contribution < 1.29 is 13.6 Å². The van der Waals surface area contributed by atoms with E-state index in [9.17, 15) is 13.6 Å². The molecule has 116 valence electrons. The number of rotatable bonds is 6. The molecule has 0 aromatic heterocycles. The maximum absolute atomic E-state index is 14.1. The zero-order valence-electron chi connectivity index (χ0n) is 12.9. The molecule has 0 bridgehead atoms. The Morgan fingerprint density at radius 1 is 1.33 bits per heavy atom. The van der Waals surface area contributed by atoms with Crippen molar-refractivity contribution in [1.29, 1.82) is 0 Å². The highest BCUT2D eigenvalue weighted by atomic mass is 19.1. The van der Waals surface area contributed by atoms with E-state index in [1.165, 1.54) is 12.1 Å². The molecule has 4 heteroatoms. The van der Waals surface area contributed by atoms with Crippen molar-refractivity contribution in [1.82, 2.24) is 5.32 Å². The molecule has 2 rings (SSSR count). The third-order valence-corrected chi connectivity index (χ3v) is 4.71. The molecule has 1 aliphatic rings. The van der Waals surface area contributed by atoms with Gasteiger partial charge in [0.15, 0.2) is 0 Å². The maximum atomic E-state index is 14.1.